The summed E-state index contributed by atoms with van der Waals surface area (Å²) in [6.45, 7) is 4.23. The molecule has 30 heavy (non-hydrogen) atoms. The van der Waals surface area contributed by atoms with E-state index in [1.807, 2.05) is 24.3 Å². The van der Waals surface area contributed by atoms with E-state index in [0.29, 0.717) is 6.61 Å². The summed E-state index contributed by atoms with van der Waals surface area (Å²) in [5.74, 6) is -0.342. The Morgan fingerprint density at radius 2 is 1.23 bits per heavy atom. The average Bonchev–Trinajstić information content (AvgIpc) is 2.81. The lowest BCUT2D eigenvalue weighted by Gasteiger charge is -2.35. The lowest BCUT2D eigenvalue weighted by molar-refractivity contribution is -0.137. The van der Waals surface area contributed by atoms with Crippen LogP contribution >= 0.6 is 0 Å². The van der Waals surface area contributed by atoms with E-state index in [4.69, 9.17) is 9.16 Å². The molecule has 3 rings (SSSR count). The minimum Gasteiger partial charge on any atom is -0.463 e. The molecule has 0 aromatic heterocycles. The maximum absolute atomic E-state index is 11.9. The molecule has 0 heterocycles. The molecule has 0 fully saturated rings. The summed E-state index contributed by atoms with van der Waals surface area (Å²) in [6.07, 6.45) is 3.84. The van der Waals surface area contributed by atoms with Crippen molar-refractivity contribution >= 4 is 29.8 Å². The van der Waals surface area contributed by atoms with Crippen LogP contribution in [0.2, 0.25) is 0 Å². The molecule has 0 aliphatic heterocycles. The smallest absolute Gasteiger partial charge is 0.330 e. The summed E-state index contributed by atoms with van der Waals surface area (Å²) >= 11 is 0. The van der Waals surface area contributed by atoms with E-state index < -0.39 is 8.32 Å². The van der Waals surface area contributed by atoms with Crippen LogP contribution in [-0.2, 0) is 14.0 Å². The molecule has 0 N–H and O–H groups in total. The van der Waals surface area contributed by atoms with Crippen LogP contribution in [0.5, 0.6) is 0 Å². The monoisotopic (exact) mass is 416 g/mol. The van der Waals surface area contributed by atoms with Gasteiger partial charge in [0.2, 0.25) is 0 Å². The molecule has 154 valence electrons. The second kappa shape index (κ2) is 10.7. The zero-order valence-electron chi connectivity index (χ0n) is 17.5. The summed E-state index contributed by atoms with van der Waals surface area (Å²) < 4.78 is 12.1. The molecule has 0 saturated carbocycles. The topological polar surface area (TPSA) is 35.5 Å². The molecule has 3 aromatic rings. The summed E-state index contributed by atoms with van der Waals surface area (Å²) in [6, 6.07) is 31.3. The molecule has 4 heteroatoms. The van der Waals surface area contributed by atoms with Gasteiger partial charge in [0, 0.05) is 6.08 Å². The van der Waals surface area contributed by atoms with Crippen molar-refractivity contribution in [1.82, 2.24) is 0 Å². The fourth-order valence-electron chi connectivity index (χ4n) is 3.58. The molecule has 0 bridgehead atoms. The molecule has 0 aliphatic rings. The summed E-state index contributed by atoms with van der Waals surface area (Å²) in [4.78, 5) is 11.9. The first kappa shape index (κ1) is 21.7. The highest BCUT2D eigenvalue weighted by Gasteiger charge is 2.43. The number of hydrogen-bond donors (Lipinski definition) is 0. The first-order valence-corrected chi connectivity index (χ1v) is 12.3. The third-order valence-electron chi connectivity index (χ3n) is 5.01. The number of rotatable bonds is 9. The summed E-state index contributed by atoms with van der Waals surface area (Å²) in [7, 11) is -2.80. The SMILES string of the molecule is CCOC(=O)/C=C/[C@@H](CC)O[Si](c1ccccc1)(c1ccccc1)c1ccccc1. The third kappa shape index (κ3) is 4.96. The first-order chi connectivity index (χ1) is 14.7. The van der Waals surface area contributed by atoms with Gasteiger partial charge in [-0.1, -0.05) is 97.9 Å². The summed E-state index contributed by atoms with van der Waals surface area (Å²) in [5, 5.41) is 3.51. The van der Waals surface area contributed by atoms with Gasteiger partial charge in [-0.25, -0.2) is 4.79 Å². The minimum absolute atomic E-state index is 0.221. The van der Waals surface area contributed by atoms with Gasteiger partial charge in [0.05, 0.1) is 12.7 Å². The van der Waals surface area contributed by atoms with Crippen LogP contribution in [0.1, 0.15) is 20.3 Å². The van der Waals surface area contributed by atoms with Crippen LogP contribution in [0.25, 0.3) is 0 Å². The fourth-order valence-corrected chi connectivity index (χ4v) is 7.68. The largest absolute Gasteiger partial charge is 0.463 e. The van der Waals surface area contributed by atoms with E-state index in [2.05, 4.69) is 79.7 Å². The van der Waals surface area contributed by atoms with Crippen LogP contribution < -0.4 is 15.6 Å². The quantitative estimate of drug-likeness (QED) is 0.232. The van der Waals surface area contributed by atoms with Gasteiger partial charge in [-0.3, -0.25) is 0 Å². The van der Waals surface area contributed by atoms with Gasteiger partial charge in [-0.05, 0) is 35.0 Å². The molecular formula is C26H28O3Si. The number of carbonyl (C=O) groups is 1. The zero-order valence-corrected chi connectivity index (χ0v) is 18.5. The van der Waals surface area contributed by atoms with E-state index in [1.165, 1.54) is 21.6 Å². The fraction of sp³-hybridized carbons (Fsp3) is 0.192. The predicted octanol–water partition coefficient (Wildman–Crippen LogP) is 3.57. The molecule has 3 nitrogen and oxygen atoms in total. The van der Waals surface area contributed by atoms with E-state index in [0.717, 1.165) is 6.42 Å². The van der Waals surface area contributed by atoms with E-state index in [-0.39, 0.29) is 12.1 Å². The van der Waals surface area contributed by atoms with Crippen molar-refractivity contribution < 1.29 is 14.0 Å². The highest BCUT2D eigenvalue weighted by molar-refractivity contribution is 7.07. The predicted molar refractivity (Wildman–Crippen MR) is 125 cm³/mol. The van der Waals surface area contributed by atoms with E-state index in [9.17, 15) is 4.79 Å². The maximum Gasteiger partial charge on any atom is 0.330 e. The van der Waals surface area contributed by atoms with Crippen LogP contribution in [0.15, 0.2) is 103 Å². The Morgan fingerprint density at radius 3 is 1.60 bits per heavy atom. The van der Waals surface area contributed by atoms with Crippen molar-refractivity contribution in [3.8, 4) is 0 Å². The Labute approximate surface area is 180 Å². The van der Waals surface area contributed by atoms with Gasteiger partial charge >= 0.3 is 5.97 Å². The maximum atomic E-state index is 11.9. The number of carbonyl (C=O) groups excluding carboxylic acids is 1. The van der Waals surface area contributed by atoms with E-state index in [1.54, 1.807) is 6.92 Å². The number of ether oxygens (including phenoxy) is 1. The Morgan fingerprint density at radius 1 is 0.800 bits per heavy atom. The van der Waals surface area contributed by atoms with Crippen molar-refractivity contribution in [3.05, 3.63) is 103 Å². The normalized spacial score (nSPS) is 12.6. The number of hydrogen-bond acceptors (Lipinski definition) is 3. The third-order valence-corrected chi connectivity index (χ3v) is 9.10. The van der Waals surface area contributed by atoms with Crippen LogP contribution in [-0.4, -0.2) is 27.0 Å². The molecule has 0 aliphatic carbocycles. The first-order valence-electron chi connectivity index (χ1n) is 10.4. The summed E-state index contributed by atoms with van der Waals surface area (Å²) in [5.41, 5.74) is 0. The van der Waals surface area contributed by atoms with Crippen molar-refractivity contribution in [2.45, 2.75) is 26.4 Å². The second-order valence-electron chi connectivity index (χ2n) is 6.95. The van der Waals surface area contributed by atoms with Crippen LogP contribution in [0.4, 0.5) is 0 Å². The number of benzene rings is 3. The van der Waals surface area contributed by atoms with Gasteiger partial charge in [-0.15, -0.1) is 0 Å². The molecule has 0 unspecified atom stereocenters. The highest BCUT2D eigenvalue weighted by atomic mass is 28.4. The Bertz CT molecular complexity index is 843. The Hall–Kier alpha value is -2.95. The van der Waals surface area contributed by atoms with Gasteiger partial charge in [-0.2, -0.15) is 0 Å². The zero-order chi connectivity index (χ0) is 21.2. The van der Waals surface area contributed by atoms with Gasteiger partial charge in [0.25, 0.3) is 8.32 Å². The van der Waals surface area contributed by atoms with Crippen LogP contribution in [0.3, 0.4) is 0 Å². The van der Waals surface area contributed by atoms with E-state index >= 15 is 0 Å². The van der Waals surface area contributed by atoms with Crippen molar-refractivity contribution in [2.24, 2.45) is 0 Å². The molecule has 1 atom stereocenters. The number of esters is 1. The van der Waals surface area contributed by atoms with Crippen LogP contribution in [0, 0.1) is 0 Å². The minimum atomic E-state index is -2.80. The molecule has 0 radical (unpaired) electrons. The Balaban J connectivity index is 2.14. The molecular weight excluding hydrogens is 388 g/mol. The lowest BCUT2D eigenvalue weighted by Crippen LogP contribution is -2.70. The molecule has 3 aromatic carbocycles. The van der Waals surface area contributed by atoms with Crippen molar-refractivity contribution in [2.75, 3.05) is 6.61 Å². The molecule has 0 saturated heterocycles. The standard InChI is InChI=1S/C26H28O3Si/c1-3-22(20-21-26(27)28-4-2)29-30(23-14-8-5-9-15-23,24-16-10-6-11-17-24)25-18-12-7-13-19-25/h5-22H,3-4H2,1-2H3/b21-20+/t22-/m1/s1. The van der Waals surface area contributed by atoms with Crippen molar-refractivity contribution in [3.63, 3.8) is 0 Å². The lowest BCUT2D eigenvalue weighted by atomic mass is 10.2. The van der Waals surface area contributed by atoms with Gasteiger partial charge < -0.3 is 9.16 Å². The second-order valence-corrected chi connectivity index (χ2v) is 10.3. The Kier molecular flexibility index (Phi) is 7.77. The van der Waals surface area contributed by atoms with Crippen molar-refractivity contribution in [1.29, 1.82) is 0 Å². The molecule has 0 spiro atoms. The highest BCUT2D eigenvalue weighted by Crippen LogP contribution is 2.15. The molecule has 0 amide bonds. The van der Waals surface area contributed by atoms with Gasteiger partial charge in [0.1, 0.15) is 0 Å². The average molecular weight is 417 g/mol. The van der Waals surface area contributed by atoms with Gasteiger partial charge in [0.15, 0.2) is 0 Å².